The van der Waals surface area contributed by atoms with Gasteiger partial charge in [0.05, 0.1) is 26.2 Å². The summed E-state index contributed by atoms with van der Waals surface area (Å²) in [6, 6.07) is 6.22. The molecule has 0 bridgehead atoms. The summed E-state index contributed by atoms with van der Waals surface area (Å²) in [6.45, 7) is 1.79. The molecule has 1 aliphatic rings. The molecular weight excluding hydrogens is 260 g/mol. The normalized spacial score (nSPS) is 17.5. The first-order chi connectivity index (χ1) is 9.51. The van der Waals surface area contributed by atoms with Gasteiger partial charge in [0.15, 0.2) is 5.78 Å². The van der Waals surface area contributed by atoms with Crippen LogP contribution in [0.4, 0.5) is 0 Å². The molecule has 1 aliphatic heterocycles. The quantitative estimate of drug-likeness (QED) is 0.629. The van der Waals surface area contributed by atoms with E-state index in [0.717, 1.165) is 0 Å². The Morgan fingerprint density at radius 3 is 2.25 bits per heavy atom. The van der Waals surface area contributed by atoms with Gasteiger partial charge >= 0.3 is 0 Å². The van der Waals surface area contributed by atoms with Crippen LogP contribution in [0.5, 0.6) is 5.75 Å². The second-order valence-corrected chi connectivity index (χ2v) is 4.65. The van der Waals surface area contributed by atoms with E-state index < -0.39 is 6.04 Å². The number of nitrogens with zero attached hydrogens (tertiary/aromatic N) is 1. The lowest BCUT2D eigenvalue weighted by Gasteiger charge is -2.29. The van der Waals surface area contributed by atoms with Crippen molar-refractivity contribution >= 4 is 17.6 Å². The van der Waals surface area contributed by atoms with Gasteiger partial charge in [-0.2, -0.15) is 0 Å². The number of hydrogen-bond acceptors (Lipinski definition) is 5. The zero-order valence-corrected chi connectivity index (χ0v) is 11.4. The van der Waals surface area contributed by atoms with Crippen molar-refractivity contribution in [1.82, 2.24) is 10.2 Å². The summed E-state index contributed by atoms with van der Waals surface area (Å²) in [4.78, 5) is 36.6. The second kappa shape index (κ2) is 5.83. The van der Waals surface area contributed by atoms with Crippen LogP contribution in [0, 0.1) is 0 Å². The van der Waals surface area contributed by atoms with Gasteiger partial charge < -0.3 is 4.74 Å². The Morgan fingerprint density at radius 2 is 1.75 bits per heavy atom. The minimum atomic E-state index is -0.529. The number of rotatable bonds is 4. The first-order valence-electron chi connectivity index (χ1n) is 6.26. The summed E-state index contributed by atoms with van der Waals surface area (Å²) in [5.41, 5.74) is 0.525. The summed E-state index contributed by atoms with van der Waals surface area (Å²) in [6.07, 6.45) is 0. The van der Waals surface area contributed by atoms with Gasteiger partial charge in [-0.25, -0.2) is 0 Å². The van der Waals surface area contributed by atoms with Crippen LogP contribution in [-0.4, -0.2) is 48.7 Å². The maximum Gasteiger partial charge on any atom is 0.240 e. The van der Waals surface area contributed by atoms with Crippen molar-refractivity contribution in [2.75, 3.05) is 20.2 Å². The van der Waals surface area contributed by atoms with Gasteiger partial charge in [0.25, 0.3) is 0 Å². The van der Waals surface area contributed by atoms with Crippen molar-refractivity contribution in [3.63, 3.8) is 0 Å². The molecule has 6 nitrogen and oxygen atoms in total. The molecule has 2 rings (SSSR count). The second-order valence-electron chi connectivity index (χ2n) is 4.65. The van der Waals surface area contributed by atoms with E-state index in [-0.39, 0.29) is 30.7 Å². The highest BCUT2D eigenvalue weighted by Gasteiger charge is 2.30. The van der Waals surface area contributed by atoms with Crippen LogP contribution in [0.2, 0.25) is 0 Å². The number of benzene rings is 1. The summed E-state index contributed by atoms with van der Waals surface area (Å²) >= 11 is 0. The van der Waals surface area contributed by atoms with Crippen molar-refractivity contribution < 1.29 is 19.1 Å². The van der Waals surface area contributed by atoms with E-state index in [4.69, 9.17) is 4.74 Å². The van der Waals surface area contributed by atoms with Crippen molar-refractivity contribution in [2.45, 2.75) is 13.0 Å². The summed E-state index contributed by atoms with van der Waals surface area (Å²) in [5, 5.41) is 2.21. The van der Waals surface area contributed by atoms with Crippen molar-refractivity contribution in [2.24, 2.45) is 0 Å². The van der Waals surface area contributed by atoms with Crippen LogP contribution in [0.15, 0.2) is 24.3 Å². The number of Topliss-reactive ketones (excluding diaryl/α,β-unsaturated/α-hetero) is 1. The third-order valence-corrected chi connectivity index (χ3v) is 3.27. The smallest absolute Gasteiger partial charge is 0.240 e. The first kappa shape index (κ1) is 14.2. The molecule has 0 aliphatic carbocycles. The molecule has 1 atom stereocenters. The molecule has 0 saturated carbocycles. The van der Waals surface area contributed by atoms with E-state index in [0.29, 0.717) is 11.3 Å². The lowest BCUT2D eigenvalue weighted by molar-refractivity contribution is -0.136. The SMILES string of the molecule is COc1ccc(C(=O)C(C)N2CC(=O)NC(=O)C2)cc1. The molecule has 1 aromatic carbocycles. The Balaban J connectivity index is 2.10. The average Bonchev–Trinajstić information content (AvgIpc) is 2.45. The molecule has 0 radical (unpaired) electrons. The predicted molar refractivity (Wildman–Crippen MR) is 71.5 cm³/mol. The van der Waals surface area contributed by atoms with Gasteiger partial charge in [0.1, 0.15) is 5.75 Å². The Hall–Kier alpha value is -2.21. The van der Waals surface area contributed by atoms with Gasteiger partial charge in [-0.1, -0.05) is 0 Å². The molecule has 1 heterocycles. The Kier molecular flexibility index (Phi) is 4.14. The maximum absolute atomic E-state index is 12.3. The highest BCUT2D eigenvalue weighted by molar-refractivity contribution is 6.03. The number of piperazine rings is 1. The van der Waals surface area contributed by atoms with Gasteiger partial charge in [-0.05, 0) is 31.2 Å². The van der Waals surface area contributed by atoms with Crippen LogP contribution in [-0.2, 0) is 9.59 Å². The molecule has 106 valence electrons. The number of hydrogen-bond donors (Lipinski definition) is 1. The van der Waals surface area contributed by atoms with Crippen LogP contribution < -0.4 is 10.1 Å². The summed E-state index contributed by atoms with van der Waals surface area (Å²) < 4.78 is 5.03. The molecule has 1 N–H and O–H groups in total. The highest BCUT2D eigenvalue weighted by atomic mass is 16.5. The number of carbonyl (C=O) groups is 3. The number of nitrogens with one attached hydrogen (secondary N) is 1. The number of ether oxygens (including phenoxy) is 1. The highest BCUT2D eigenvalue weighted by Crippen LogP contribution is 2.15. The molecule has 6 heteroatoms. The van der Waals surface area contributed by atoms with Crippen LogP contribution in [0.25, 0.3) is 0 Å². The summed E-state index contributed by atoms with van der Waals surface area (Å²) in [7, 11) is 1.55. The number of methoxy groups -OCH3 is 1. The zero-order chi connectivity index (χ0) is 14.7. The maximum atomic E-state index is 12.3. The lowest BCUT2D eigenvalue weighted by atomic mass is 10.0. The van der Waals surface area contributed by atoms with Gasteiger partial charge in [0, 0.05) is 5.56 Å². The van der Waals surface area contributed by atoms with E-state index in [2.05, 4.69) is 5.32 Å². The van der Waals surface area contributed by atoms with Crippen molar-refractivity contribution in [1.29, 1.82) is 0 Å². The van der Waals surface area contributed by atoms with Crippen LogP contribution in [0.3, 0.4) is 0 Å². The van der Waals surface area contributed by atoms with E-state index >= 15 is 0 Å². The van der Waals surface area contributed by atoms with E-state index in [1.807, 2.05) is 0 Å². The Bertz CT molecular complexity index is 523. The fourth-order valence-corrected chi connectivity index (χ4v) is 2.10. The van der Waals surface area contributed by atoms with E-state index in [1.165, 1.54) is 0 Å². The molecule has 0 spiro atoms. The van der Waals surface area contributed by atoms with Crippen molar-refractivity contribution in [3.05, 3.63) is 29.8 Å². The summed E-state index contributed by atoms with van der Waals surface area (Å²) in [5.74, 6) is -0.219. The Morgan fingerprint density at radius 1 is 1.20 bits per heavy atom. The third kappa shape index (κ3) is 3.03. The van der Waals surface area contributed by atoms with Gasteiger partial charge in [-0.3, -0.25) is 24.6 Å². The topological polar surface area (TPSA) is 75.7 Å². The zero-order valence-electron chi connectivity index (χ0n) is 11.4. The standard InChI is InChI=1S/C14H16N2O4/c1-9(16-7-12(17)15-13(18)8-16)14(19)10-3-5-11(20-2)6-4-10/h3-6,9H,7-8H2,1-2H3,(H,15,17,18). The Labute approximate surface area is 116 Å². The number of imide groups is 1. The molecular formula is C14H16N2O4. The first-order valence-corrected chi connectivity index (χ1v) is 6.26. The number of carbonyl (C=O) groups excluding carboxylic acids is 3. The molecule has 1 aromatic rings. The van der Waals surface area contributed by atoms with Crippen LogP contribution >= 0.6 is 0 Å². The fraction of sp³-hybridized carbons (Fsp3) is 0.357. The molecule has 20 heavy (non-hydrogen) atoms. The van der Waals surface area contributed by atoms with E-state index in [9.17, 15) is 14.4 Å². The number of amides is 2. The minimum absolute atomic E-state index is 0.0504. The van der Waals surface area contributed by atoms with Crippen LogP contribution in [0.1, 0.15) is 17.3 Å². The molecule has 1 fully saturated rings. The van der Waals surface area contributed by atoms with Crippen molar-refractivity contribution in [3.8, 4) is 5.75 Å². The average molecular weight is 276 g/mol. The fourth-order valence-electron chi connectivity index (χ4n) is 2.10. The lowest BCUT2D eigenvalue weighted by Crippen LogP contribution is -2.55. The van der Waals surface area contributed by atoms with Gasteiger partial charge in [0.2, 0.25) is 11.8 Å². The molecule has 2 amide bonds. The molecule has 1 unspecified atom stereocenters. The predicted octanol–water partition coefficient (Wildman–Crippen LogP) is 0.225. The van der Waals surface area contributed by atoms with Gasteiger partial charge in [-0.15, -0.1) is 0 Å². The third-order valence-electron chi connectivity index (χ3n) is 3.27. The minimum Gasteiger partial charge on any atom is -0.497 e. The number of ketones is 1. The monoisotopic (exact) mass is 276 g/mol. The largest absolute Gasteiger partial charge is 0.497 e. The molecule has 1 saturated heterocycles. The van der Waals surface area contributed by atoms with E-state index in [1.54, 1.807) is 43.2 Å². The molecule has 0 aromatic heterocycles.